The summed E-state index contributed by atoms with van der Waals surface area (Å²) in [5.74, 6) is 1.61. The predicted molar refractivity (Wildman–Crippen MR) is 133 cm³/mol. The molecule has 1 N–H and O–H groups in total. The van der Waals surface area contributed by atoms with Crippen LogP contribution in [0.5, 0.6) is 0 Å². The molecule has 2 aromatic heterocycles. The molecule has 9 heteroatoms. The monoisotopic (exact) mass is 499 g/mol. The molecular weight excluding hydrogens is 467 g/mol. The summed E-state index contributed by atoms with van der Waals surface area (Å²) in [5.41, 5.74) is 1.03. The molecule has 2 aliphatic heterocycles. The average Bonchev–Trinajstić information content (AvgIpc) is 3.52. The first-order valence-corrected chi connectivity index (χ1v) is 12.9. The van der Waals surface area contributed by atoms with Crippen LogP contribution in [0.4, 0.5) is 19.0 Å². The Kier molecular flexibility index (Phi) is 6.16. The van der Waals surface area contributed by atoms with Gasteiger partial charge < -0.3 is 19.5 Å². The maximum Gasteiger partial charge on any atom is 0.420 e. The molecule has 0 unspecified atom stereocenters. The molecule has 36 heavy (non-hydrogen) atoms. The maximum absolute atomic E-state index is 14.1. The number of benzene rings is 1. The number of fused-ring (bicyclic) bond motifs is 2. The Morgan fingerprint density at radius 1 is 1.03 bits per heavy atom. The first-order valence-electron chi connectivity index (χ1n) is 12.9. The van der Waals surface area contributed by atoms with Gasteiger partial charge in [0.15, 0.2) is 5.82 Å². The van der Waals surface area contributed by atoms with Gasteiger partial charge in [-0.05, 0) is 67.0 Å². The van der Waals surface area contributed by atoms with E-state index < -0.39 is 11.7 Å². The van der Waals surface area contributed by atoms with Crippen LogP contribution in [0.1, 0.15) is 31.2 Å². The van der Waals surface area contributed by atoms with Crippen LogP contribution in [-0.2, 0) is 18.0 Å². The smallest absolute Gasteiger partial charge is 0.381 e. The molecule has 0 bridgehead atoms. The highest BCUT2D eigenvalue weighted by Crippen LogP contribution is 2.42. The highest BCUT2D eigenvalue weighted by atomic mass is 19.4. The van der Waals surface area contributed by atoms with Gasteiger partial charge in [-0.25, -0.2) is 0 Å². The van der Waals surface area contributed by atoms with Gasteiger partial charge in [0.1, 0.15) is 5.56 Å². The van der Waals surface area contributed by atoms with Crippen molar-refractivity contribution in [1.29, 1.82) is 0 Å². The minimum Gasteiger partial charge on any atom is -0.381 e. The summed E-state index contributed by atoms with van der Waals surface area (Å²) in [6, 6.07) is 8.64. The molecule has 3 aliphatic rings. The summed E-state index contributed by atoms with van der Waals surface area (Å²) in [7, 11) is 1.91. The average molecular weight is 500 g/mol. The quantitative estimate of drug-likeness (QED) is 0.523. The summed E-state index contributed by atoms with van der Waals surface area (Å²) in [4.78, 5) is 2.56. The van der Waals surface area contributed by atoms with Gasteiger partial charge in [0.2, 0.25) is 0 Å². The minimum absolute atomic E-state index is 0.00815. The van der Waals surface area contributed by atoms with Crippen molar-refractivity contribution >= 4 is 16.7 Å². The zero-order valence-electron chi connectivity index (χ0n) is 20.5. The maximum atomic E-state index is 14.1. The fourth-order valence-corrected chi connectivity index (χ4v) is 6.43. The van der Waals surface area contributed by atoms with E-state index in [4.69, 9.17) is 4.74 Å². The zero-order chi connectivity index (χ0) is 24.9. The normalized spacial score (nSPS) is 25.5. The van der Waals surface area contributed by atoms with Crippen LogP contribution in [0, 0.1) is 17.8 Å². The summed E-state index contributed by atoms with van der Waals surface area (Å²) < 4.78 is 49.6. The largest absolute Gasteiger partial charge is 0.420 e. The number of halogens is 3. The Bertz CT molecular complexity index is 1220. The number of ether oxygens (including phenoxy) is 1. The first kappa shape index (κ1) is 23.7. The lowest BCUT2D eigenvalue weighted by atomic mass is 10.00. The molecular formula is C27H32F3N5O. The van der Waals surface area contributed by atoms with Crippen molar-refractivity contribution in [3.63, 3.8) is 0 Å². The standard InChI is InChI=1S/C27H32F3N5O/c1-34-7-4-18-2-3-19(12-25(18)34)24-13-23(27(28,29)30)26(33-32-24)31-22-10-20-15-35(16-21(20)11-22)14-17-5-8-36-9-6-17/h2-4,7,12-13,17,20-22H,5-6,8-11,14-16H2,1H3,(H,31,33)/t20-,21+,22+. The van der Waals surface area contributed by atoms with Gasteiger partial charge in [-0.15, -0.1) is 10.2 Å². The van der Waals surface area contributed by atoms with E-state index in [1.165, 1.54) is 0 Å². The molecule has 3 aromatic rings. The topological polar surface area (TPSA) is 55.2 Å². The number of likely N-dealkylation sites (tertiary alicyclic amines) is 1. The molecule has 0 amide bonds. The minimum atomic E-state index is -4.52. The lowest BCUT2D eigenvalue weighted by Crippen LogP contribution is -2.32. The molecule has 0 spiro atoms. The van der Waals surface area contributed by atoms with E-state index in [0.29, 0.717) is 23.3 Å². The molecule has 1 aromatic carbocycles. The summed E-state index contributed by atoms with van der Waals surface area (Å²) in [6.07, 6.45) is 1.42. The number of aromatic nitrogens is 3. The van der Waals surface area contributed by atoms with Crippen molar-refractivity contribution in [1.82, 2.24) is 19.7 Å². The second-order valence-corrected chi connectivity index (χ2v) is 10.8. The second kappa shape index (κ2) is 9.34. The Hall–Kier alpha value is -2.65. The number of nitrogens with one attached hydrogen (secondary N) is 1. The van der Waals surface area contributed by atoms with E-state index in [1.807, 2.05) is 36.0 Å². The summed E-state index contributed by atoms with van der Waals surface area (Å²) in [6.45, 7) is 4.92. The fraction of sp³-hybridized carbons (Fsp3) is 0.556. The second-order valence-electron chi connectivity index (χ2n) is 10.8. The van der Waals surface area contributed by atoms with Gasteiger partial charge in [-0.3, -0.25) is 0 Å². The van der Waals surface area contributed by atoms with Gasteiger partial charge in [0.05, 0.1) is 5.69 Å². The van der Waals surface area contributed by atoms with Crippen molar-refractivity contribution in [2.24, 2.45) is 24.8 Å². The molecule has 6 rings (SSSR count). The third kappa shape index (κ3) is 4.70. The van der Waals surface area contributed by atoms with Crippen LogP contribution in [0.2, 0.25) is 0 Å². The Balaban J connectivity index is 1.15. The lowest BCUT2D eigenvalue weighted by Gasteiger charge is -2.28. The van der Waals surface area contributed by atoms with E-state index in [0.717, 1.165) is 75.5 Å². The molecule has 1 saturated carbocycles. The molecule has 3 fully saturated rings. The number of hydrogen-bond donors (Lipinski definition) is 1. The molecule has 3 atom stereocenters. The van der Waals surface area contributed by atoms with Crippen molar-refractivity contribution < 1.29 is 17.9 Å². The molecule has 0 radical (unpaired) electrons. The summed E-state index contributed by atoms with van der Waals surface area (Å²) >= 11 is 0. The Labute approximate surface area is 208 Å². The zero-order valence-corrected chi connectivity index (χ0v) is 20.5. The van der Waals surface area contributed by atoms with Gasteiger partial charge in [0.25, 0.3) is 0 Å². The molecule has 6 nitrogen and oxygen atoms in total. The predicted octanol–water partition coefficient (Wildman–Crippen LogP) is 5.20. The number of anilines is 1. The van der Waals surface area contributed by atoms with Gasteiger partial charge >= 0.3 is 6.18 Å². The van der Waals surface area contributed by atoms with E-state index >= 15 is 0 Å². The Morgan fingerprint density at radius 3 is 2.50 bits per heavy atom. The van der Waals surface area contributed by atoms with Crippen molar-refractivity contribution in [3.05, 3.63) is 42.1 Å². The van der Waals surface area contributed by atoms with Gasteiger partial charge in [-0.1, -0.05) is 12.1 Å². The van der Waals surface area contributed by atoms with E-state index in [1.54, 1.807) is 6.07 Å². The van der Waals surface area contributed by atoms with Crippen LogP contribution in [0.15, 0.2) is 36.5 Å². The number of hydrogen-bond acceptors (Lipinski definition) is 5. The van der Waals surface area contributed by atoms with Crippen LogP contribution in [-0.4, -0.2) is 58.6 Å². The SMILES string of the molecule is Cn1ccc2ccc(-c3cc(C(F)(F)F)c(N[C@H]4C[C@@H]5CN(CC6CCOCC6)C[C@@H]5C4)nn3)cc21. The molecule has 192 valence electrons. The third-order valence-electron chi connectivity index (χ3n) is 8.31. The molecule has 4 heterocycles. The fourth-order valence-electron chi connectivity index (χ4n) is 6.43. The van der Waals surface area contributed by atoms with E-state index in [-0.39, 0.29) is 17.6 Å². The van der Waals surface area contributed by atoms with Gasteiger partial charge in [0, 0.05) is 63.2 Å². The van der Waals surface area contributed by atoms with Gasteiger partial charge in [-0.2, -0.15) is 13.2 Å². The molecule has 2 saturated heterocycles. The summed E-state index contributed by atoms with van der Waals surface area (Å²) in [5, 5.41) is 12.4. The number of rotatable bonds is 5. The number of nitrogens with zero attached hydrogens (tertiary/aromatic N) is 4. The van der Waals surface area contributed by atoms with E-state index in [2.05, 4.69) is 20.4 Å². The first-order chi connectivity index (χ1) is 17.3. The molecule has 1 aliphatic carbocycles. The highest BCUT2D eigenvalue weighted by Gasteiger charge is 2.43. The van der Waals surface area contributed by atoms with Crippen LogP contribution in [0.3, 0.4) is 0 Å². The Morgan fingerprint density at radius 2 is 1.78 bits per heavy atom. The lowest BCUT2D eigenvalue weighted by molar-refractivity contribution is -0.137. The van der Waals surface area contributed by atoms with Crippen molar-refractivity contribution in [2.75, 3.05) is 38.2 Å². The van der Waals surface area contributed by atoms with Crippen molar-refractivity contribution in [2.45, 2.75) is 37.9 Å². The van der Waals surface area contributed by atoms with Crippen LogP contribution < -0.4 is 5.32 Å². The van der Waals surface area contributed by atoms with Crippen LogP contribution in [0.25, 0.3) is 22.2 Å². The number of alkyl halides is 3. The van der Waals surface area contributed by atoms with Crippen LogP contribution >= 0.6 is 0 Å². The highest BCUT2D eigenvalue weighted by molar-refractivity contribution is 5.85. The number of aryl methyl sites for hydroxylation is 1. The van der Waals surface area contributed by atoms with E-state index in [9.17, 15) is 13.2 Å². The van der Waals surface area contributed by atoms with Crippen molar-refractivity contribution in [3.8, 4) is 11.3 Å². The third-order valence-corrected chi connectivity index (χ3v) is 8.31.